The van der Waals surface area contributed by atoms with Gasteiger partial charge in [-0.3, -0.25) is 4.79 Å². The number of benzene rings is 3. The smallest absolute Gasteiger partial charge is 0.250 e. The number of anilines is 1. The van der Waals surface area contributed by atoms with Crippen molar-refractivity contribution in [2.45, 2.75) is 13.0 Å². The molecule has 0 aliphatic carbocycles. The number of amides is 1. The summed E-state index contributed by atoms with van der Waals surface area (Å²) in [5.74, 6) is -0.431. The summed E-state index contributed by atoms with van der Waals surface area (Å²) in [5, 5.41) is 13.8. The van der Waals surface area contributed by atoms with Gasteiger partial charge in [-0.05, 0) is 46.7 Å². The maximum Gasteiger partial charge on any atom is 0.250 e. The number of aryl methyl sites for hydroxylation is 1. The van der Waals surface area contributed by atoms with Crippen molar-refractivity contribution in [1.82, 2.24) is 20.2 Å². The molecule has 1 heterocycles. The number of tetrazole rings is 1. The molecule has 0 aliphatic rings. The molecule has 0 saturated heterocycles. The largest absolute Gasteiger partial charge is 0.359 e. The molecule has 0 saturated carbocycles. The van der Waals surface area contributed by atoms with Gasteiger partial charge in [-0.15, -0.1) is 5.10 Å². The summed E-state index contributed by atoms with van der Waals surface area (Å²) in [4.78, 5) is 12.6. The van der Waals surface area contributed by atoms with E-state index in [-0.39, 0.29) is 24.3 Å². The second-order valence-corrected chi connectivity index (χ2v) is 6.86. The Balaban J connectivity index is 1.48. The predicted molar refractivity (Wildman–Crippen MR) is 113 cm³/mol. The van der Waals surface area contributed by atoms with E-state index in [0.29, 0.717) is 11.5 Å². The first-order chi connectivity index (χ1) is 15.1. The lowest BCUT2D eigenvalue weighted by atomic mass is 10.0. The highest BCUT2D eigenvalue weighted by Crippen LogP contribution is 2.26. The number of aromatic nitrogens is 4. The summed E-state index contributed by atoms with van der Waals surface area (Å²) in [7, 11) is 0. The fourth-order valence-electron chi connectivity index (χ4n) is 3.20. The van der Waals surface area contributed by atoms with Gasteiger partial charge in [0.2, 0.25) is 5.91 Å². The second kappa shape index (κ2) is 9.27. The molecule has 0 atom stereocenters. The normalized spacial score (nSPS) is 10.9. The Bertz CT molecular complexity index is 1130. The first-order valence-electron chi connectivity index (χ1n) is 9.68. The van der Waals surface area contributed by atoms with Gasteiger partial charge in [-0.2, -0.15) is 4.68 Å². The van der Waals surface area contributed by atoms with Gasteiger partial charge in [0.1, 0.15) is 24.2 Å². The van der Waals surface area contributed by atoms with Crippen LogP contribution >= 0.6 is 0 Å². The Morgan fingerprint density at radius 3 is 2.26 bits per heavy atom. The molecule has 0 unspecified atom stereocenters. The number of halogens is 1. The van der Waals surface area contributed by atoms with Crippen LogP contribution < -0.4 is 5.32 Å². The van der Waals surface area contributed by atoms with Crippen molar-refractivity contribution >= 4 is 11.6 Å². The summed E-state index contributed by atoms with van der Waals surface area (Å²) < 4.78 is 21.5. The van der Waals surface area contributed by atoms with E-state index in [2.05, 4.69) is 20.8 Å². The average molecular weight is 417 g/mol. The summed E-state index contributed by atoms with van der Waals surface area (Å²) in [6, 6.07) is 23.6. The molecule has 4 aromatic rings. The predicted octanol–water partition coefficient (Wildman–Crippen LogP) is 3.85. The van der Waals surface area contributed by atoms with Crippen molar-refractivity contribution in [3.63, 3.8) is 0 Å². The number of ether oxygens (including phenoxy) is 1. The molecule has 3 aromatic carbocycles. The minimum atomic E-state index is -0.502. The lowest BCUT2D eigenvalue weighted by molar-refractivity contribution is -0.121. The number of nitrogens with zero attached hydrogens (tertiary/aromatic N) is 4. The molecule has 1 aromatic heterocycles. The van der Waals surface area contributed by atoms with E-state index >= 15 is 0 Å². The molecule has 0 fully saturated rings. The maximum atomic E-state index is 14.2. The molecule has 0 aliphatic heterocycles. The monoisotopic (exact) mass is 417 g/mol. The van der Waals surface area contributed by atoms with E-state index in [4.69, 9.17) is 4.74 Å². The van der Waals surface area contributed by atoms with E-state index in [9.17, 15) is 9.18 Å². The second-order valence-electron chi connectivity index (χ2n) is 6.86. The van der Waals surface area contributed by atoms with Crippen molar-refractivity contribution in [3.05, 3.63) is 102 Å². The Labute approximate surface area is 178 Å². The summed E-state index contributed by atoms with van der Waals surface area (Å²) in [6.07, 6.45) is -0.388. The van der Waals surface area contributed by atoms with Crippen LogP contribution in [0.25, 0.3) is 5.69 Å². The van der Waals surface area contributed by atoms with E-state index in [1.165, 1.54) is 22.9 Å². The van der Waals surface area contributed by atoms with Gasteiger partial charge in [0, 0.05) is 5.69 Å². The molecule has 156 valence electrons. The van der Waals surface area contributed by atoms with Crippen LogP contribution in [0.5, 0.6) is 0 Å². The van der Waals surface area contributed by atoms with E-state index < -0.39 is 5.82 Å². The van der Waals surface area contributed by atoms with Crippen LogP contribution in [-0.4, -0.2) is 32.7 Å². The molecule has 1 amide bonds. The van der Waals surface area contributed by atoms with Crippen LogP contribution in [0.4, 0.5) is 10.1 Å². The summed E-state index contributed by atoms with van der Waals surface area (Å²) >= 11 is 0. The van der Waals surface area contributed by atoms with Crippen LogP contribution in [-0.2, 0) is 9.53 Å². The first kappa shape index (κ1) is 20.4. The molecule has 0 bridgehead atoms. The minimum Gasteiger partial charge on any atom is -0.359 e. The van der Waals surface area contributed by atoms with Crippen molar-refractivity contribution in [3.8, 4) is 5.69 Å². The highest BCUT2D eigenvalue weighted by Gasteiger charge is 2.17. The molecule has 7 nitrogen and oxygen atoms in total. The van der Waals surface area contributed by atoms with Gasteiger partial charge in [0.05, 0.1) is 0 Å². The van der Waals surface area contributed by atoms with Gasteiger partial charge in [-0.1, -0.05) is 60.7 Å². The zero-order chi connectivity index (χ0) is 21.6. The van der Waals surface area contributed by atoms with Crippen LogP contribution in [0.15, 0.2) is 78.9 Å². The Kier molecular flexibility index (Phi) is 6.09. The fraction of sp³-hybridized carbons (Fsp3) is 0.130. The topological polar surface area (TPSA) is 81.9 Å². The Hall–Kier alpha value is -3.91. The third kappa shape index (κ3) is 4.81. The van der Waals surface area contributed by atoms with Crippen molar-refractivity contribution in [2.75, 3.05) is 11.9 Å². The number of hydrogen-bond acceptors (Lipinski definition) is 5. The van der Waals surface area contributed by atoms with Crippen LogP contribution in [0.3, 0.4) is 0 Å². The molecule has 31 heavy (non-hydrogen) atoms. The van der Waals surface area contributed by atoms with E-state index in [1.54, 1.807) is 6.92 Å². The maximum absolute atomic E-state index is 14.2. The van der Waals surface area contributed by atoms with Crippen LogP contribution in [0, 0.1) is 12.7 Å². The van der Waals surface area contributed by atoms with E-state index in [1.807, 2.05) is 60.7 Å². The van der Waals surface area contributed by atoms with Gasteiger partial charge < -0.3 is 10.1 Å². The molecule has 1 N–H and O–H groups in total. The SMILES string of the molecule is Cc1nnnn1-c1cc(NC(=O)COC(c2ccccc2)c2ccccc2)ccc1F. The van der Waals surface area contributed by atoms with Gasteiger partial charge >= 0.3 is 0 Å². The van der Waals surface area contributed by atoms with Crippen LogP contribution in [0.2, 0.25) is 0 Å². The van der Waals surface area contributed by atoms with Gasteiger partial charge in [0.15, 0.2) is 5.82 Å². The number of hydrogen-bond donors (Lipinski definition) is 1. The molecule has 0 spiro atoms. The number of carbonyl (C=O) groups is 1. The zero-order valence-electron chi connectivity index (χ0n) is 16.8. The highest BCUT2D eigenvalue weighted by atomic mass is 19.1. The van der Waals surface area contributed by atoms with Crippen molar-refractivity contribution in [1.29, 1.82) is 0 Å². The molecule has 4 rings (SSSR count). The summed E-state index contributed by atoms with van der Waals surface area (Å²) in [5.41, 5.74) is 2.45. The zero-order valence-corrected chi connectivity index (χ0v) is 16.8. The third-order valence-electron chi connectivity index (χ3n) is 4.67. The molecule has 8 heteroatoms. The molecule has 0 radical (unpaired) electrons. The lowest BCUT2D eigenvalue weighted by Crippen LogP contribution is -2.21. The Morgan fingerprint density at radius 1 is 1.03 bits per heavy atom. The lowest BCUT2D eigenvalue weighted by Gasteiger charge is -2.19. The standard InChI is InChI=1S/C23H20FN5O2/c1-16-26-27-28-29(16)21-14-19(12-13-20(21)24)25-22(30)15-31-23(17-8-4-2-5-9-17)18-10-6-3-7-11-18/h2-14,23H,15H2,1H3,(H,25,30). The van der Waals surface area contributed by atoms with Gasteiger partial charge in [0.25, 0.3) is 0 Å². The first-order valence-corrected chi connectivity index (χ1v) is 9.68. The number of carbonyl (C=O) groups excluding carboxylic acids is 1. The fourth-order valence-corrected chi connectivity index (χ4v) is 3.20. The van der Waals surface area contributed by atoms with Crippen molar-refractivity contribution in [2.24, 2.45) is 0 Å². The third-order valence-corrected chi connectivity index (χ3v) is 4.67. The van der Waals surface area contributed by atoms with Crippen molar-refractivity contribution < 1.29 is 13.9 Å². The summed E-state index contributed by atoms with van der Waals surface area (Å²) in [6.45, 7) is 1.48. The van der Waals surface area contributed by atoms with Gasteiger partial charge in [-0.25, -0.2) is 4.39 Å². The highest BCUT2D eigenvalue weighted by molar-refractivity contribution is 5.92. The van der Waals surface area contributed by atoms with E-state index in [0.717, 1.165) is 11.1 Å². The Morgan fingerprint density at radius 2 is 1.68 bits per heavy atom. The quantitative estimate of drug-likeness (QED) is 0.494. The van der Waals surface area contributed by atoms with Crippen LogP contribution in [0.1, 0.15) is 23.1 Å². The minimum absolute atomic E-state index is 0.146. The average Bonchev–Trinajstić information content (AvgIpc) is 3.22. The molecular weight excluding hydrogens is 397 g/mol. The molecular formula is C23H20FN5O2. The number of nitrogens with one attached hydrogen (secondary N) is 1. The number of rotatable bonds is 7.